The number of aliphatic hydroxyl groups is 1. The molecule has 49 heavy (non-hydrogen) atoms. The number of nitrogens with zero attached hydrogens (tertiary/aromatic N) is 5. The number of halogens is 3. The molecule has 3 N–H and O–H groups in total. The van der Waals surface area contributed by atoms with Crippen LogP contribution in [-0.2, 0) is 11.3 Å². The minimum Gasteiger partial charge on any atom is -0.380 e. The van der Waals surface area contributed by atoms with E-state index in [9.17, 15) is 27.9 Å². The summed E-state index contributed by atoms with van der Waals surface area (Å²) in [6.45, 7) is 5.18. The van der Waals surface area contributed by atoms with Crippen molar-refractivity contribution in [3.05, 3.63) is 59.3 Å². The molecule has 1 aromatic carbocycles. The van der Waals surface area contributed by atoms with Gasteiger partial charge in [0.05, 0.1) is 22.3 Å². The minimum absolute atomic E-state index is 0.00480. The number of likely N-dealkylation sites (tertiary alicyclic amines) is 2. The number of pyridine rings is 1. The lowest BCUT2D eigenvalue weighted by molar-refractivity contribution is -0.296. The summed E-state index contributed by atoms with van der Waals surface area (Å²) in [5.74, 6) is -0.298. The van der Waals surface area contributed by atoms with E-state index in [2.05, 4.69) is 35.8 Å². The second-order valence-electron chi connectivity index (χ2n) is 15.0. The van der Waals surface area contributed by atoms with Gasteiger partial charge in [-0.25, -0.2) is 4.52 Å². The van der Waals surface area contributed by atoms with Crippen molar-refractivity contribution in [3.63, 3.8) is 0 Å². The molecular weight excluding hydrogens is 633 g/mol. The van der Waals surface area contributed by atoms with Gasteiger partial charge >= 0.3 is 6.18 Å². The highest BCUT2D eigenvalue weighted by molar-refractivity contribution is 5.95. The standard InChI is InChI=1S/C37H43F3N6O3/c1-22-30-10-9-26(34(47)44-13-3-5-28(41)21-44)20-46(30)42-32(22)31-16-25-4-2-6-29(33(25)45(31)19-23-7-8-23)24-11-14-43(15-12-24)35(48)27-17-36(49,18-27)37(38,39)40/h2,4,6,9-10,16,20,23-24,27-28,49H,3,5,7-8,11-15,17-19,21,41H2,1H3. The van der Waals surface area contributed by atoms with Crippen LogP contribution in [-0.4, -0.2) is 84.9 Å². The third-order valence-corrected chi connectivity index (χ3v) is 11.5. The molecule has 2 saturated carbocycles. The Morgan fingerprint density at radius 3 is 2.47 bits per heavy atom. The van der Waals surface area contributed by atoms with Gasteiger partial charge < -0.3 is 25.2 Å². The van der Waals surface area contributed by atoms with E-state index in [1.165, 1.54) is 23.9 Å². The predicted octanol–water partition coefficient (Wildman–Crippen LogP) is 5.65. The highest BCUT2D eigenvalue weighted by atomic mass is 19.4. The second kappa shape index (κ2) is 11.9. The third kappa shape index (κ3) is 5.70. The number of rotatable bonds is 6. The van der Waals surface area contributed by atoms with Crippen LogP contribution in [0.3, 0.4) is 0 Å². The molecule has 9 nitrogen and oxygen atoms in total. The highest BCUT2D eigenvalue weighted by Crippen LogP contribution is 2.49. The van der Waals surface area contributed by atoms with Gasteiger partial charge in [-0.15, -0.1) is 0 Å². The van der Waals surface area contributed by atoms with Crippen LogP contribution >= 0.6 is 0 Å². The SMILES string of the molecule is Cc1c(-c2cc3cccc(C4CCN(C(=O)C5CC(O)(C(F)(F)F)C5)CC4)c3n2CC2CC2)nn2cc(C(=O)N3CCCC(N)C3)ccc12. The molecule has 260 valence electrons. The van der Waals surface area contributed by atoms with E-state index in [-0.39, 0.29) is 23.8 Å². The number of alkyl halides is 3. The second-order valence-corrected chi connectivity index (χ2v) is 15.0. The molecular formula is C37H43F3N6O3. The lowest BCUT2D eigenvalue weighted by atomic mass is 9.69. The molecule has 2 aliphatic heterocycles. The number of carbonyl (C=O) groups is 2. The van der Waals surface area contributed by atoms with Gasteiger partial charge in [0.25, 0.3) is 5.91 Å². The summed E-state index contributed by atoms with van der Waals surface area (Å²) >= 11 is 0. The Morgan fingerprint density at radius 2 is 1.78 bits per heavy atom. The number of amides is 2. The van der Waals surface area contributed by atoms with Crippen LogP contribution < -0.4 is 5.73 Å². The van der Waals surface area contributed by atoms with Crippen molar-refractivity contribution in [3.8, 4) is 11.4 Å². The van der Waals surface area contributed by atoms with E-state index in [1.807, 2.05) is 27.7 Å². The molecule has 2 saturated heterocycles. The van der Waals surface area contributed by atoms with Gasteiger partial charge in [-0.1, -0.05) is 18.2 Å². The van der Waals surface area contributed by atoms with Gasteiger partial charge in [0, 0.05) is 61.8 Å². The van der Waals surface area contributed by atoms with Crippen LogP contribution in [0.2, 0.25) is 0 Å². The van der Waals surface area contributed by atoms with Crippen molar-refractivity contribution in [1.29, 1.82) is 0 Å². The molecule has 2 amide bonds. The van der Waals surface area contributed by atoms with Crippen LogP contribution in [0, 0.1) is 18.8 Å². The molecule has 12 heteroatoms. The molecule has 1 unspecified atom stereocenters. The summed E-state index contributed by atoms with van der Waals surface area (Å²) in [5.41, 5.74) is 10.3. The predicted molar refractivity (Wildman–Crippen MR) is 179 cm³/mol. The number of piperidine rings is 2. The van der Waals surface area contributed by atoms with Gasteiger partial charge in [-0.05, 0) is 93.9 Å². The first-order valence-electron chi connectivity index (χ1n) is 17.6. The summed E-state index contributed by atoms with van der Waals surface area (Å²) < 4.78 is 43.7. The molecule has 0 spiro atoms. The number of aryl methyl sites for hydroxylation is 1. The lowest BCUT2D eigenvalue weighted by Crippen LogP contribution is -2.59. The zero-order chi connectivity index (χ0) is 34.2. The number of para-hydroxylation sites is 1. The molecule has 5 heterocycles. The molecule has 2 aliphatic carbocycles. The van der Waals surface area contributed by atoms with Crippen molar-refractivity contribution >= 4 is 28.2 Å². The number of benzene rings is 1. The fourth-order valence-electron chi connectivity index (χ4n) is 8.38. The molecule has 3 aromatic heterocycles. The molecule has 0 bridgehead atoms. The Labute approximate surface area is 282 Å². The summed E-state index contributed by atoms with van der Waals surface area (Å²) in [6.07, 6.45) is 1.64. The minimum atomic E-state index is -4.71. The fourth-order valence-corrected chi connectivity index (χ4v) is 8.38. The number of nitrogens with two attached hydrogens (primary N) is 1. The summed E-state index contributed by atoms with van der Waals surface area (Å²) in [4.78, 5) is 29.9. The number of aromatic nitrogens is 3. The van der Waals surface area contributed by atoms with E-state index >= 15 is 0 Å². The number of hydrogen-bond donors (Lipinski definition) is 2. The van der Waals surface area contributed by atoms with Crippen molar-refractivity contribution < 1.29 is 27.9 Å². The smallest absolute Gasteiger partial charge is 0.380 e. The monoisotopic (exact) mass is 676 g/mol. The molecule has 0 radical (unpaired) electrons. The van der Waals surface area contributed by atoms with Crippen molar-refractivity contribution in [1.82, 2.24) is 24.0 Å². The molecule has 4 fully saturated rings. The molecule has 8 rings (SSSR count). The summed E-state index contributed by atoms with van der Waals surface area (Å²) in [5, 5.41) is 16.0. The van der Waals surface area contributed by atoms with Crippen LogP contribution in [0.4, 0.5) is 13.2 Å². The number of fused-ring (bicyclic) bond motifs is 2. The summed E-state index contributed by atoms with van der Waals surface area (Å²) in [7, 11) is 0. The Bertz CT molecular complexity index is 1930. The Balaban J connectivity index is 1.07. The van der Waals surface area contributed by atoms with Crippen molar-refractivity contribution in [2.45, 2.75) is 88.6 Å². The van der Waals surface area contributed by atoms with Crippen LogP contribution in [0.25, 0.3) is 27.8 Å². The molecule has 4 aliphatic rings. The van der Waals surface area contributed by atoms with E-state index in [0.717, 1.165) is 60.1 Å². The van der Waals surface area contributed by atoms with Crippen LogP contribution in [0.15, 0.2) is 42.6 Å². The quantitative estimate of drug-likeness (QED) is 0.275. The summed E-state index contributed by atoms with van der Waals surface area (Å²) in [6, 6.07) is 12.5. The largest absolute Gasteiger partial charge is 0.417 e. The first kappa shape index (κ1) is 32.3. The first-order chi connectivity index (χ1) is 23.4. The topological polar surface area (TPSA) is 109 Å². The Morgan fingerprint density at radius 1 is 1.02 bits per heavy atom. The van der Waals surface area contributed by atoms with Crippen LogP contribution in [0.5, 0.6) is 0 Å². The highest BCUT2D eigenvalue weighted by Gasteiger charge is 2.63. The van der Waals surface area contributed by atoms with Crippen molar-refractivity contribution in [2.24, 2.45) is 17.6 Å². The maximum absolute atomic E-state index is 13.4. The average Bonchev–Trinajstić information content (AvgIpc) is 3.74. The van der Waals surface area contributed by atoms with Crippen LogP contribution in [0.1, 0.15) is 78.8 Å². The molecule has 1 atom stereocenters. The first-order valence-corrected chi connectivity index (χ1v) is 17.6. The normalized spacial score (nSPS) is 25.3. The Hall–Kier alpha value is -3.90. The van der Waals surface area contributed by atoms with Gasteiger partial charge in [0.1, 0.15) is 5.69 Å². The fraction of sp³-hybridized carbons (Fsp3) is 0.541. The third-order valence-electron chi connectivity index (χ3n) is 11.5. The van der Waals surface area contributed by atoms with Gasteiger partial charge in [-0.3, -0.25) is 9.59 Å². The van der Waals surface area contributed by atoms with E-state index in [4.69, 9.17) is 10.8 Å². The maximum atomic E-state index is 13.4. The zero-order valence-corrected chi connectivity index (χ0v) is 27.8. The average molecular weight is 677 g/mol. The van der Waals surface area contributed by atoms with Gasteiger partial charge in [0.2, 0.25) is 5.91 Å². The van der Waals surface area contributed by atoms with E-state index in [0.29, 0.717) is 37.7 Å². The number of hydrogen-bond acceptors (Lipinski definition) is 5. The van der Waals surface area contributed by atoms with Gasteiger partial charge in [-0.2, -0.15) is 18.3 Å². The Kier molecular flexibility index (Phi) is 7.82. The van der Waals surface area contributed by atoms with E-state index < -0.39 is 30.5 Å². The van der Waals surface area contributed by atoms with E-state index in [1.54, 1.807) is 4.90 Å². The zero-order valence-electron chi connectivity index (χ0n) is 27.8. The van der Waals surface area contributed by atoms with Crippen molar-refractivity contribution in [2.75, 3.05) is 26.2 Å². The lowest BCUT2D eigenvalue weighted by Gasteiger charge is -2.45. The van der Waals surface area contributed by atoms with Gasteiger partial charge in [0.15, 0.2) is 5.60 Å². The maximum Gasteiger partial charge on any atom is 0.417 e. The number of carbonyl (C=O) groups excluding carboxylic acids is 2. The molecule has 4 aromatic rings.